The highest BCUT2D eigenvalue weighted by molar-refractivity contribution is 7.99. The number of amides is 1. The van der Waals surface area contributed by atoms with Crippen molar-refractivity contribution in [3.63, 3.8) is 0 Å². The lowest BCUT2D eigenvalue weighted by Gasteiger charge is -2.26. The molecule has 3 heterocycles. The molecule has 188 valence electrons. The van der Waals surface area contributed by atoms with Crippen molar-refractivity contribution in [3.05, 3.63) is 48.4 Å². The molecule has 0 unspecified atom stereocenters. The minimum absolute atomic E-state index is 0.0492. The van der Waals surface area contributed by atoms with E-state index in [0.717, 1.165) is 6.42 Å². The van der Waals surface area contributed by atoms with Gasteiger partial charge in [0.25, 0.3) is 0 Å². The lowest BCUT2D eigenvalue weighted by atomic mass is 10.2. The molecule has 1 aliphatic rings. The van der Waals surface area contributed by atoms with Crippen LogP contribution >= 0.6 is 11.8 Å². The summed E-state index contributed by atoms with van der Waals surface area (Å²) in [7, 11) is -3.64. The van der Waals surface area contributed by atoms with Gasteiger partial charge in [0.15, 0.2) is 11.0 Å². The molecule has 1 fully saturated rings. The third-order valence-corrected chi connectivity index (χ3v) is 8.61. The van der Waals surface area contributed by atoms with Crippen molar-refractivity contribution in [2.75, 3.05) is 32.1 Å². The Morgan fingerprint density at radius 2 is 2.00 bits per heavy atom. The number of nitrogens with zero attached hydrogens (tertiary/aromatic N) is 4. The average molecular weight is 520 g/mol. The van der Waals surface area contributed by atoms with Crippen molar-refractivity contribution in [3.8, 4) is 11.4 Å². The van der Waals surface area contributed by atoms with E-state index in [0.29, 0.717) is 55.2 Å². The Labute approximate surface area is 209 Å². The first-order chi connectivity index (χ1) is 16.9. The minimum Gasteiger partial charge on any atom is -0.467 e. The van der Waals surface area contributed by atoms with Crippen LogP contribution in [0.2, 0.25) is 0 Å². The first-order valence-corrected chi connectivity index (χ1v) is 13.9. The topological polar surface area (TPSA) is 120 Å². The van der Waals surface area contributed by atoms with Gasteiger partial charge in [0.05, 0.1) is 36.7 Å². The van der Waals surface area contributed by atoms with E-state index in [1.54, 1.807) is 36.6 Å². The highest BCUT2D eigenvalue weighted by atomic mass is 32.2. The number of rotatable bonds is 10. The van der Waals surface area contributed by atoms with Crippen LogP contribution in [0.15, 0.2) is 57.1 Å². The zero-order chi connectivity index (χ0) is 24.8. The normalized spacial score (nSPS) is 15.7. The first kappa shape index (κ1) is 25.4. The molecule has 0 saturated carbocycles. The highest BCUT2D eigenvalue weighted by Gasteiger charge is 2.27. The van der Waals surface area contributed by atoms with E-state index < -0.39 is 10.0 Å². The third kappa shape index (κ3) is 5.95. The van der Waals surface area contributed by atoms with Crippen LogP contribution in [-0.4, -0.2) is 65.5 Å². The van der Waals surface area contributed by atoms with Crippen LogP contribution in [0.3, 0.4) is 0 Å². The Kier molecular flexibility index (Phi) is 8.26. The summed E-state index contributed by atoms with van der Waals surface area (Å²) in [5.74, 6) is 1.27. The summed E-state index contributed by atoms with van der Waals surface area (Å²) in [4.78, 5) is 12.5. The predicted octanol–water partition coefficient (Wildman–Crippen LogP) is 2.94. The highest BCUT2D eigenvalue weighted by Crippen LogP contribution is 2.30. The molecule has 12 heteroatoms. The summed E-state index contributed by atoms with van der Waals surface area (Å²) < 4.78 is 40.2. The molecule has 1 aliphatic heterocycles. The molecule has 0 aliphatic carbocycles. The van der Waals surface area contributed by atoms with Crippen molar-refractivity contribution < 1.29 is 22.4 Å². The number of hydrogen-bond donors (Lipinski definition) is 1. The lowest BCUT2D eigenvalue weighted by molar-refractivity contribution is -0.118. The van der Waals surface area contributed by atoms with Gasteiger partial charge in [-0.2, -0.15) is 4.31 Å². The van der Waals surface area contributed by atoms with Gasteiger partial charge in [0, 0.05) is 24.7 Å². The first-order valence-electron chi connectivity index (χ1n) is 11.4. The van der Waals surface area contributed by atoms with Crippen LogP contribution in [-0.2, 0) is 26.1 Å². The Morgan fingerprint density at radius 3 is 2.71 bits per heavy atom. The molecular weight excluding hydrogens is 490 g/mol. The van der Waals surface area contributed by atoms with Crippen LogP contribution in [0.4, 0.5) is 0 Å². The van der Waals surface area contributed by atoms with Gasteiger partial charge in [0.2, 0.25) is 15.9 Å². The van der Waals surface area contributed by atoms with E-state index >= 15 is 0 Å². The number of sulfonamides is 1. The fourth-order valence-electron chi connectivity index (χ4n) is 3.66. The molecule has 4 rings (SSSR count). The smallest absolute Gasteiger partial charge is 0.243 e. The molecule has 35 heavy (non-hydrogen) atoms. The second-order valence-electron chi connectivity index (χ2n) is 8.12. The van der Waals surface area contributed by atoms with Gasteiger partial charge in [-0.1, -0.05) is 30.8 Å². The standard InChI is InChI=1S/C23H29N5O5S2/c1-3-17(2)28-22(25-26-23(28)34-16-21(29)24-15-19-7-5-11-33-19)18-6-4-8-20(14-18)35(30,31)27-9-12-32-13-10-27/h4-8,11,14,17H,3,9-10,12-13,15-16H2,1-2H3,(H,24,29)/t17-/m1/s1. The van der Waals surface area contributed by atoms with E-state index in [1.807, 2.05) is 17.6 Å². The van der Waals surface area contributed by atoms with Gasteiger partial charge >= 0.3 is 0 Å². The maximum Gasteiger partial charge on any atom is 0.243 e. The monoisotopic (exact) mass is 519 g/mol. The number of thioether (sulfide) groups is 1. The molecule has 0 spiro atoms. The minimum atomic E-state index is -3.64. The summed E-state index contributed by atoms with van der Waals surface area (Å²) in [5.41, 5.74) is 0.654. The largest absolute Gasteiger partial charge is 0.467 e. The van der Waals surface area contributed by atoms with Crippen LogP contribution in [0, 0.1) is 0 Å². The van der Waals surface area contributed by atoms with Crippen LogP contribution in [0.1, 0.15) is 32.1 Å². The molecule has 1 aromatic carbocycles. The predicted molar refractivity (Wildman–Crippen MR) is 131 cm³/mol. The summed E-state index contributed by atoms with van der Waals surface area (Å²) in [6.45, 7) is 5.85. The van der Waals surface area contributed by atoms with Crippen molar-refractivity contribution in [1.29, 1.82) is 0 Å². The SMILES string of the molecule is CC[C@@H](C)n1c(SCC(=O)NCc2ccco2)nnc1-c1cccc(S(=O)(=O)N2CCOCC2)c1. The number of aromatic nitrogens is 3. The van der Waals surface area contributed by atoms with Crippen LogP contribution < -0.4 is 5.32 Å². The fraction of sp³-hybridized carbons (Fsp3) is 0.435. The Hall–Kier alpha value is -2.67. The Bertz CT molecular complexity index is 1240. The number of carbonyl (C=O) groups is 1. The van der Waals surface area contributed by atoms with E-state index in [2.05, 4.69) is 22.4 Å². The summed E-state index contributed by atoms with van der Waals surface area (Å²) >= 11 is 1.29. The number of carbonyl (C=O) groups excluding carboxylic acids is 1. The number of furan rings is 1. The Balaban J connectivity index is 1.54. The van der Waals surface area contributed by atoms with E-state index in [4.69, 9.17) is 9.15 Å². The molecule has 2 aromatic heterocycles. The lowest BCUT2D eigenvalue weighted by Crippen LogP contribution is -2.40. The number of morpholine rings is 1. The van der Waals surface area contributed by atoms with Crippen LogP contribution in [0.25, 0.3) is 11.4 Å². The summed E-state index contributed by atoms with van der Waals surface area (Å²) in [6, 6.07) is 10.4. The molecule has 3 aromatic rings. The molecular formula is C23H29N5O5S2. The molecule has 1 atom stereocenters. The number of hydrogen-bond acceptors (Lipinski definition) is 8. The van der Waals surface area contributed by atoms with E-state index in [-0.39, 0.29) is 22.6 Å². The molecule has 1 saturated heterocycles. The zero-order valence-corrected chi connectivity index (χ0v) is 21.3. The molecule has 1 amide bonds. The second kappa shape index (κ2) is 11.4. The quantitative estimate of drug-likeness (QED) is 0.406. The van der Waals surface area contributed by atoms with Crippen molar-refractivity contribution in [2.45, 2.75) is 42.9 Å². The van der Waals surface area contributed by atoms with Crippen LogP contribution in [0.5, 0.6) is 0 Å². The summed E-state index contributed by atoms with van der Waals surface area (Å²) in [6.07, 6.45) is 2.38. The second-order valence-corrected chi connectivity index (χ2v) is 11.0. The molecule has 10 nitrogen and oxygen atoms in total. The van der Waals surface area contributed by atoms with Crippen molar-refractivity contribution >= 4 is 27.7 Å². The Morgan fingerprint density at radius 1 is 1.20 bits per heavy atom. The van der Waals surface area contributed by atoms with Gasteiger partial charge in [-0.15, -0.1) is 10.2 Å². The van der Waals surface area contributed by atoms with Gasteiger partial charge < -0.3 is 14.5 Å². The number of benzene rings is 1. The fourth-order valence-corrected chi connectivity index (χ4v) is 5.98. The zero-order valence-electron chi connectivity index (χ0n) is 19.7. The molecule has 0 radical (unpaired) electrons. The van der Waals surface area contributed by atoms with Gasteiger partial charge in [-0.25, -0.2) is 8.42 Å². The van der Waals surface area contributed by atoms with E-state index in [9.17, 15) is 13.2 Å². The third-order valence-electron chi connectivity index (χ3n) is 5.77. The average Bonchev–Trinajstić information content (AvgIpc) is 3.56. The molecule has 1 N–H and O–H groups in total. The number of nitrogens with one attached hydrogen (secondary N) is 1. The van der Waals surface area contributed by atoms with Crippen molar-refractivity contribution in [2.24, 2.45) is 0 Å². The van der Waals surface area contributed by atoms with Gasteiger partial charge in [0.1, 0.15) is 5.76 Å². The van der Waals surface area contributed by atoms with E-state index in [1.165, 1.54) is 16.1 Å². The molecule has 0 bridgehead atoms. The van der Waals surface area contributed by atoms with Gasteiger partial charge in [-0.05, 0) is 37.6 Å². The number of ether oxygens (including phenoxy) is 1. The summed E-state index contributed by atoms with van der Waals surface area (Å²) in [5, 5.41) is 12.1. The maximum absolute atomic E-state index is 13.1. The van der Waals surface area contributed by atoms with Crippen molar-refractivity contribution in [1.82, 2.24) is 24.4 Å². The maximum atomic E-state index is 13.1. The van der Waals surface area contributed by atoms with Gasteiger partial charge in [-0.3, -0.25) is 9.36 Å².